The minimum absolute atomic E-state index is 0.575. The molecule has 0 aromatic carbocycles. The lowest BCUT2D eigenvalue weighted by Crippen LogP contribution is -2.08. The number of aryl methyl sites for hydroxylation is 1. The summed E-state index contributed by atoms with van der Waals surface area (Å²) in [5, 5.41) is 7.78. The molecule has 0 aliphatic carbocycles. The lowest BCUT2D eigenvalue weighted by molar-refractivity contribution is 0.628. The van der Waals surface area contributed by atoms with Gasteiger partial charge in [-0.05, 0) is 5.92 Å². The third-order valence-corrected chi connectivity index (χ3v) is 2.42. The molecule has 12 heavy (non-hydrogen) atoms. The van der Waals surface area contributed by atoms with Gasteiger partial charge in [0.25, 0.3) is 0 Å². The summed E-state index contributed by atoms with van der Waals surface area (Å²) in [5.74, 6) is 0.575. The molecular formula is C9H15N3. The van der Waals surface area contributed by atoms with Crippen LogP contribution in [0.1, 0.15) is 36.7 Å². The summed E-state index contributed by atoms with van der Waals surface area (Å²) in [4.78, 5) is 0. The molecule has 0 amide bonds. The first-order valence-electron chi connectivity index (χ1n) is 4.45. The van der Waals surface area contributed by atoms with Crippen LogP contribution in [0.5, 0.6) is 0 Å². The highest BCUT2D eigenvalue weighted by Gasteiger charge is 2.21. The molecule has 0 fully saturated rings. The summed E-state index contributed by atoms with van der Waals surface area (Å²) in [6, 6.07) is 0. The molecular weight excluding hydrogens is 150 g/mol. The van der Waals surface area contributed by atoms with Gasteiger partial charge in [-0.15, -0.1) is 0 Å². The fraction of sp³-hybridized carbons (Fsp3) is 0.667. The van der Waals surface area contributed by atoms with Crippen molar-refractivity contribution < 1.29 is 0 Å². The van der Waals surface area contributed by atoms with Crippen molar-refractivity contribution in [2.24, 2.45) is 7.05 Å². The molecule has 0 saturated heterocycles. The molecule has 1 aromatic heterocycles. The molecule has 66 valence electrons. The maximum atomic E-state index is 4.47. The number of fused-ring (bicyclic) bond motifs is 1. The van der Waals surface area contributed by atoms with Crippen molar-refractivity contribution in [3.63, 3.8) is 0 Å². The highest BCUT2D eigenvalue weighted by molar-refractivity contribution is 5.31. The Balaban J connectivity index is 2.52. The van der Waals surface area contributed by atoms with Crippen molar-refractivity contribution in [2.75, 3.05) is 0 Å². The van der Waals surface area contributed by atoms with Gasteiger partial charge in [0.05, 0.1) is 5.69 Å². The monoisotopic (exact) mass is 165 g/mol. The number of rotatable bonds is 1. The van der Waals surface area contributed by atoms with Gasteiger partial charge in [-0.1, -0.05) is 13.8 Å². The van der Waals surface area contributed by atoms with Crippen molar-refractivity contribution in [3.8, 4) is 0 Å². The second-order valence-electron chi connectivity index (χ2n) is 3.69. The van der Waals surface area contributed by atoms with Gasteiger partial charge >= 0.3 is 0 Å². The largest absolute Gasteiger partial charge is 0.307 e. The van der Waals surface area contributed by atoms with Crippen molar-refractivity contribution in [3.05, 3.63) is 17.0 Å². The predicted octanol–water partition coefficient (Wildman–Crippen LogP) is 1.15. The van der Waals surface area contributed by atoms with Crippen LogP contribution in [0.15, 0.2) is 0 Å². The van der Waals surface area contributed by atoms with Crippen LogP contribution in [0, 0.1) is 0 Å². The number of aromatic nitrogens is 2. The molecule has 1 aromatic rings. The molecule has 1 aliphatic heterocycles. The van der Waals surface area contributed by atoms with E-state index in [-0.39, 0.29) is 0 Å². The van der Waals surface area contributed by atoms with E-state index in [0.717, 1.165) is 13.1 Å². The van der Waals surface area contributed by atoms with Crippen LogP contribution in [0.2, 0.25) is 0 Å². The number of nitrogens with zero attached hydrogens (tertiary/aromatic N) is 2. The Bertz CT molecular complexity index is 299. The molecule has 2 heterocycles. The lowest BCUT2D eigenvalue weighted by Gasteiger charge is -2.07. The summed E-state index contributed by atoms with van der Waals surface area (Å²) in [5.41, 5.74) is 4.05. The SMILES string of the molecule is CC(C)c1c2c(nn1C)CNC2. The molecule has 0 spiro atoms. The maximum absolute atomic E-state index is 4.47. The van der Waals surface area contributed by atoms with E-state index in [1.807, 2.05) is 11.7 Å². The van der Waals surface area contributed by atoms with Crippen molar-refractivity contribution >= 4 is 0 Å². The van der Waals surface area contributed by atoms with E-state index in [1.165, 1.54) is 17.0 Å². The van der Waals surface area contributed by atoms with Gasteiger partial charge in [-0.25, -0.2) is 0 Å². The summed E-state index contributed by atoms with van der Waals surface area (Å²) in [6.45, 7) is 6.37. The Morgan fingerprint density at radius 3 is 2.83 bits per heavy atom. The number of nitrogens with one attached hydrogen (secondary N) is 1. The Morgan fingerprint density at radius 1 is 1.42 bits per heavy atom. The van der Waals surface area contributed by atoms with Crippen LogP contribution >= 0.6 is 0 Å². The zero-order valence-corrected chi connectivity index (χ0v) is 7.89. The molecule has 1 N–H and O–H groups in total. The van der Waals surface area contributed by atoms with E-state index in [0.29, 0.717) is 5.92 Å². The topological polar surface area (TPSA) is 29.9 Å². The van der Waals surface area contributed by atoms with E-state index in [2.05, 4.69) is 24.3 Å². The van der Waals surface area contributed by atoms with Crippen LogP contribution in [0.25, 0.3) is 0 Å². The van der Waals surface area contributed by atoms with Crippen molar-refractivity contribution in [1.82, 2.24) is 15.1 Å². The van der Waals surface area contributed by atoms with Gasteiger partial charge in [0.15, 0.2) is 0 Å². The molecule has 2 rings (SSSR count). The predicted molar refractivity (Wildman–Crippen MR) is 47.8 cm³/mol. The molecule has 0 atom stereocenters. The van der Waals surface area contributed by atoms with Crippen molar-refractivity contribution in [1.29, 1.82) is 0 Å². The number of hydrogen-bond acceptors (Lipinski definition) is 2. The fourth-order valence-corrected chi connectivity index (χ4v) is 2.00. The van der Waals surface area contributed by atoms with Crippen LogP contribution in [0.3, 0.4) is 0 Å². The zero-order chi connectivity index (χ0) is 8.72. The Labute approximate surface area is 72.8 Å². The summed E-state index contributed by atoms with van der Waals surface area (Å²) in [6.07, 6.45) is 0. The van der Waals surface area contributed by atoms with Gasteiger partial charge in [0.2, 0.25) is 0 Å². The van der Waals surface area contributed by atoms with E-state index >= 15 is 0 Å². The van der Waals surface area contributed by atoms with Crippen LogP contribution in [-0.4, -0.2) is 9.78 Å². The number of hydrogen-bond donors (Lipinski definition) is 1. The molecule has 3 heteroatoms. The van der Waals surface area contributed by atoms with E-state index in [4.69, 9.17) is 0 Å². The minimum Gasteiger partial charge on any atom is -0.307 e. The highest BCUT2D eigenvalue weighted by atomic mass is 15.3. The van der Waals surface area contributed by atoms with Gasteiger partial charge in [0.1, 0.15) is 0 Å². The third kappa shape index (κ3) is 0.966. The molecule has 3 nitrogen and oxygen atoms in total. The summed E-state index contributed by atoms with van der Waals surface area (Å²) >= 11 is 0. The van der Waals surface area contributed by atoms with Crippen LogP contribution < -0.4 is 5.32 Å². The first-order chi connectivity index (χ1) is 5.70. The average molecular weight is 165 g/mol. The standard InChI is InChI=1S/C9H15N3/c1-6(2)9-7-4-10-5-8(7)11-12(9)3/h6,10H,4-5H2,1-3H3. The van der Waals surface area contributed by atoms with Gasteiger partial charge in [-0.3, -0.25) is 4.68 Å². The van der Waals surface area contributed by atoms with Gasteiger partial charge < -0.3 is 5.32 Å². The quantitative estimate of drug-likeness (QED) is 0.676. The van der Waals surface area contributed by atoms with Crippen molar-refractivity contribution in [2.45, 2.75) is 32.9 Å². The third-order valence-electron chi connectivity index (χ3n) is 2.42. The smallest absolute Gasteiger partial charge is 0.0810 e. The van der Waals surface area contributed by atoms with E-state index in [1.54, 1.807) is 0 Å². The average Bonchev–Trinajstić information content (AvgIpc) is 2.44. The van der Waals surface area contributed by atoms with Gasteiger partial charge in [-0.2, -0.15) is 5.10 Å². The molecule has 0 bridgehead atoms. The van der Waals surface area contributed by atoms with Crippen LogP contribution in [-0.2, 0) is 20.1 Å². The second-order valence-corrected chi connectivity index (χ2v) is 3.69. The van der Waals surface area contributed by atoms with Crippen LogP contribution in [0.4, 0.5) is 0 Å². The zero-order valence-electron chi connectivity index (χ0n) is 7.89. The Morgan fingerprint density at radius 2 is 2.17 bits per heavy atom. The molecule has 1 aliphatic rings. The first kappa shape index (κ1) is 7.80. The lowest BCUT2D eigenvalue weighted by atomic mass is 10.1. The van der Waals surface area contributed by atoms with E-state index < -0.39 is 0 Å². The maximum Gasteiger partial charge on any atom is 0.0810 e. The highest BCUT2D eigenvalue weighted by Crippen LogP contribution is 2.24. The minimum atomic E-state index is 0.575. The van der Waals surface area contributed by atoms with Gasteiger partial charge in [0, 0.05) is 31.4 Å². The normalized spacial score (nSPS) is 15.7. The Kier molecular flexibility index (Phi) is 1.68. The van der Waals surface area contributed by atoms with E-state index in [9.17, 15) is 0 Å². The first-order valence-corrected chi connectivity index (χ1v) is 4.45. The molecule has 0 radical (unpaired) electrons. The Hall–Kier alpha value is -0.830. The molecule has 0 saturated carbocycles. The molecule has 0 unspecified atom stereocenters. The summed E-state index contributed by atoms with van der Waals surface area (Å²) < 4.78 is 2.02. The second kappa shape index (κ2) is 2.59. The summed E-state index contributed by atoms with van der Waals surface area (Å²) in [7, 11) is 2.04. The fourth-order valence-electron chi connectivity index (χ4n) is 2.00.